The van der Waals surface area contributed by atoms with Gasteiger partial charge >= 0.3 is 5.97 Å². The van der Waals surface area contributed by atoms with Crippen molar-refractivity contribution in [1.82, 2.24) is 0 Å². The van der Waals surface area contributed by atoms with Gasteiger partial charge in [0.05, 0.1) is 5.60 Å². The minimum Gasteiger partial charge on any atom is -0.461 e. The van der Waals surface area contributed by atoms with Gasteiger partial charge in [0.25, 0.3) is 0 Å². The maximum atomic E-state index is 11.2. The van der Waals surface area contributed by atoms with E-state index in [0.717, 1.165) is 0 Å². The van der Waals surface area contributed by atoms with Crippen molar-refractivity contribution in [2.75, 3.05) is 6.61 Å². The molecule has 0 fully saturated rings. The second-order valence-corrected chi connectivity index (χ2v) is 4.19. The molecule has 0 aliphatic rings. The van der Waals surface area contributed by atoms with E-state index in [1.54, 1.807) is 13.8 Å². The van der Waals surface area contributed by atoms with Crippen LogP contribution in [-0.2, 0) is 9.53 Å². The summed E-state index contributed by atoms with van der Waals surface area (Å²) in [5.74, 6) is -0.411. The van der Waals surface area contributed by atoms with E-state index in [1.165, 1.54) is 0 Å². The number of ether oxygens (including phenoxy) is 1. The number of carbonyl (C=O) groups excluding carboxylic acids is 1. The fourth-order valence-electron chi connectivity index (χ4n) is 0.616. The molecule has 0 aliphatic heterocycles. The van der Waals surface area contributed by atoms with E-state index in [9.17, 15) is 9.90 Å². The van der Waals surface area contributed by atoms with Crippen LogP contribution in [0.4, 0.5) is 0 Å². The van der Waals surface area contributed by atoms with Crippen molar-refractivity contribution in [3.8, 4) is 0 Å². The monoisotopic (exact) mass is 189 g/mol. The Labute approximate surface area is 79.1 Å². The first-order chi connectivity index (χ1) is 5.74. The van der Waals surface area contributed by atoms with Gasteiger partial charge in [-0.2, -0.15) is 0 Å². The molecule has 0 rings (SSSR count). The normalized spacial score (nSPS) is 14.4. The molecule has 1 unspecified atom stereocenters. The topological polar surface area (TPSA) is 72.6 Å². The summed E-state index contributed by atoms with van der Waals surface area (Å²) in [6.45, 7) is 6.81. The van der Waals surface area contributed by atoms with Crippen LogP contribution in [0, 0.1) is 5.92 Å². The zero-order valence-electron chi connectivity index (χ0n) is 8.70. The van der Waals surface area contributed by atoms with Gasteiger partial charge in [0.2, 0.25) is 0 Å². The number of aliphatic hydroxyl groups is 1. The van der Waals surface area contributed by atoms with Crippen LogP contribution in [0.1, 0.15) is 27.7 Å². The third-order valence-electron chi connectivity index (χ3n) is 1.56. The zero-order chi connectivity index (χ0) is 10.6. The Morgan fingerprint density at radius 1 is 1.54 bits per heavy atom. The predicted octanol–water partition coefficient (Wildman–Crippen LogP) is 0.284. The maximum Gasteiger partial charge on any atom is 0.323 e. The lowest BCUT2D eigenvalue weighted by Gasteiger charge is -2.20. The standard InChI is InChI=1S/C9H19NO3/c1-6(2)7(10)8(11)13-5-9(3,4)12/h6-7,12H,5,10H2,1-4H3. The Hall–Kier alpha value is -0.610. The smallest absolute Gasteiger partial charge is 0.323 e. The quantitative estimate of drug-likeness (QED) is 0.623. The number of carbonyl (C=O) groups is 1. The molecule has 0 radical (unpaired) electrons. The molecule has 4 heteroatoms. The second kappa shape index (κ2) is 4.58. The molecule has 0 aromatic heterocycles. The van der Waals surface area contributed by atoms with Gasteiger partial charge in [0.15, 0.2) is 0 Å². The maximum absolute atomic E-state index is 11.2. The van der Waals surface area contributed by atoms with Crippen molar-refractivity contribution in [1.29, 1.82) is 0 Å². The summed E-state index contributed by atoms with van der Waals surface area (Å²) in [4.78, 5) is 11.2. The van der Waals surface area contributed by atoms with Gasteiger partial charge in [-0.15, -0.1) is 0 Å². The molecule has 1 atom stereocenters. The zero-order valence-corrected chi connectivity index (χ0v) is 8.70. The highest BCUT2D eigenvalue weighted by molar-refractivity contribution is 5.75. The molecule has 0 saturated heterocycles. The molecule has 0 bridgehead atoms. The van der Waals surface area contributed by atoms with E-state index in [-0.39, 0.29) is 12.5 Å². The second-order valence-electron chi connectivity index (χ2n) is 4.19. The molecule has 0 aromatic carbocycles. The summed E-state index contributed by atoms with van der Waals surface area (Å²) < 4.78 is 4.82. The predicted molar refractivity (Wildman–Crippen MR) is 50.1 cm³/mol. The summed E-state index contributed by atoms with van der Waals surface area (Å²) in [5.41, 5.74) is 4.54. The Balaban J connectivity index is 3.89. The molecule has 0 amide bonds. The van der Waals surface area contributed by atoms with Crippen molar-refractivity contribution >= 4 is 5.97 Å². The first-order valence-corrected chi connectivity index (χ1v) is 4.38. The number of hydrogen-bond donors (Lipinski definition) is 2. The van der Waals surface area contributed by atoms with E-state index in [2.05, 4.69) is 0 Å². The molecule has 0 aliphatic carbocycles. The first kappa shape index (κ1) is 12.4. The Kier molecular flexibility index (Phi) is 4.36. The molecule has 4 nitrogen and oxygen atoms in total. The highest BCUT2D eigenvalue weighted by Gasteiger charge is 2.22. The highest BCUT2D eigenvalue weighted by atomic mass is 16.5. The van der Waals surface area contributed by atoms with Crippen LogP contribution in [0.2, 0.25) is 0 Å². The molecule has 0 spiro atoms. The van der Waals surface area contributed by atoms with Crippen LogP contribution in [0.5, 0.6) is 0 Å². The van der Waals surface area contributed by atoms with Crippen molar-refractivity contribution in [3.05, 3.63) is 0 Å². The fourth-order valence-corrected chi connectivity index (χ4v) is 0.616. The summed E-state index contributed by atoms with van der Waals surface area (Å²) in [6, 6.07) is -0.609. The van der Waals surface area contributed by atoms with Crippen LogP contribution in [0.15, 0.2) is 0 Å². The SMILES string of the molecule is CC(C)C(N)C(=O)OCC(C)(C)O. The molecular formula is C9H19NO3. The lowest BCUT2D eigenvalue weighted by atomic mass is 10.1. The van der Waals surface area contributed by atoms with Crippen LogP contribution in [-0.4, -0.2) is 29.3 Å². The van der Waals surface area contributed by atoms with E-state index in [4.69, 9.17) is 10.5 Å². The molecule has 0 saturated carbocycles. The summed E-state index contributed by atoms with van der Waals surface area (Å²) in [5, 5.41) is 9.27. The van der Waals surface area contributed by atoms with E-state index in [1.807, 2.05) is 13.8 Å². The van der Waals surface area contributed by atoms with Gasteiger partial charge in [-0.3, -0.25) is 4.79 Å². The highest BCUT2D eigenvalue weighted by Crippen LogP contribution is 2.05. The summed E-state index contributed by atoms with van der Waals surface area (Å²) in [6.07, 6.45) is 0. The fraction of sp³-hybridized carbons (Fsp3) is 0.889. The third-order valence-corrected chi connectivity index (χ3v) is 1.56. The minimum absolute atomic E-state index is 0.0216. The van der Waals surface area contributed by atoms with Gasteiger partial charge in [-0.1, -0.05) is 13.8 Å². The van der Waals surface area contributed by atoms with E-state index >= 15 is 0 Å². The van der Waals surface area contributed by atoms with Crippen molar-refractivity contribution in [2.24, 2.45) is 11.7 Å². The molecule has 13 heavy (non-hydrogen) atoms. The number of hydrogen-bond acceptors (Lipinski definition) is 4. The largest absolute Gasteiger partial charge is 0.461 e. The van der Waals surface area contributed by atoms with Gasteiger partial charge < -0.3 is 15.6 Å². The van der Waals surface area contributed by atoms with Gasteiger partial charge in [-0.05, 0) is 19.8 Å². The van der Waals surface area contributed by atoms with Gasteiger partial charge in [-0.25, -0.2) is 0 Å². The summed E-state index contributed by atoms with van der Waals surface area (Å²) >= 11 is 0. The molecule has 0 aromatic rings. The lowest BCUT2D eigenvalue weighted by molar-refractivity contribution is -0.152. The molecule has 78 valence electrons. The van der Waals surface area contributed by atoms with Crippen LogP contribution >= 0.6 is 0 Å². The van der Waals surface area contributed by atoms with Gasteiger partial charge in [0.1, 0.15) is 12.6 Å². The van der Waals surface area contributed by atoms with Crippen molar-refractivity contribution < 1.29 is 14.6 Å². The average molecular weight is 189 g/mol. The lowest BCUT2D eigenvalue weighted by Crippen LogP contribution is -2.39. The Bertz CT molecular complexity index is 172. The van der Waals surface area contributed by atoms with Gasteiger partial charge in [0, 0.05) is 0 Å². The Morgan fingerprint density at radius 3 is 2.31 bits per heavy atom. The first-order valence-electron chi connectivity index (χ1n) is 4.38. The molecule has 3 N–H and O–H groups in total. The molecular weight excluding hydrogens is 170 g/mol. The van der Waals surface area contributed by atoms with Crippen LogP contribution < -0.4 is 5.73 Å². The minimum atomic E-state index is -0.994. The van der Waals surface area contributed by atoms with Crippen LogP contribution in [0.25, 0.3) is 0 Å². The number of esters is 1. The summed E-state index contributed by atoms with van der Waals surface area (Å²) in [7, 11) is 0. The van der Waals surface area contributed by atoms with Crippen LogP contribution in [0.3, 0.4) is 0 Å². The average Bonchev–Trinajstić information content (AvgIpc) is 1.97. The van der Waals surface area contributed by atoms with Crippen molar-refractivity contribution in [2.45, 2.75) is 39.3 Å². The Morgan fingerprint density at radius 2 is 2.00 bits per heavy atom. The number of nitrogens with two attached hydrogens (primary N) is 1. The van der Waals surface area contributed by atoms with E-state index in [0.29, 0.717) is 0 Å². The number of rotatable bonds is 4. The van der Waals surface area contributed by atoms with Crippen molar-refractivity contribution in [3.63, 3.8) is 0 Å². The third kappa shape index (κ3) is 5.60. The molecule has 0 heterocycles. The van der Waals surface area contributed by atoms with E-state index < -0.39 is 17.6 Å².